The number of anilines is 1. The number of aromatic nitrogens is 4. The number of fused-ring (bicyclic) bond motifs is 1. The molecule has 1 saturated heterocycles. The van der Waals surface area contributed by atoms with Crippen LogP contribution >= 0.6 is 0 Å². The Morgan fingerprint density at radius 1 is 1.42 bits per heavy atom. The van der Waals surface area contributed by atoms with Crippen LogP contribution in [0.1, 0.15) is 19.0 Å². The molecule has 7 N–H and O–H groups in total. The van der Waals surface area contributed by atoms with E-state index in [0.29, 0.717) is 6.54 Å². The van der Waals surface area contributed by atoms with Gasteiger partial charge in [-0.25, -0.2) is 15.0 Å². The minimum atomic E-state index is -1.40. The highest BCUT2D eigenvalue weighted by atomic mass is 16.6. The number of amides is 1. The number of nitrogen functional groups attached to an aromatic ring is 1. The first-order chi connectivity index (χ1) is 12.5. The van der Waals surface area contributed by atoms with Crippen LogP contribution in [0, 0.1) is 11.8 Å². The van der Waals surface area contributed by atoms with Crippen molar-refractivity contribution in [1.82, 2.24) is 24.8 Å². The lowest BCUT2D eigenvalue weighted by Gasteiger charge is -2.16. The fraction of sp³-hybridized carbons (Fsp3) is 0.467. The molecule has 0 aromatic carbocycles. The third kappa shape index (κ3) is 3.06. The predicted octanol–water partition coefficient (Wildman–Crippen LogP) is -2.53. The van der Waals surface area contributed by atoms with E-state index in [0.717, 1.165) is 0 Å². The van der Waals surface area contributed by atoms with Crippen molar-refractivity contribution in [1.29, 1.82) is 0 Å². The van der Waals surface area contributed by atoms with Crippen molar-refractivity contribution in [3.05, 3.63) is 12.2 Å². The summed E-state index contributed by atoms with van der Waals surface area (Å²) in [6, 6.07) is 0. The average Bonchev–Trinajstić information content (AvgIpc) is 3.16. The number of nitrogens with zero attached hydrogens (tertiary/aromatic N) is 4. The van der Waals surface area contributed by atoms with Crippen LogP contribution in [0.15, 0.2) is 6.33 Å². The Bertz CT molecular complexity index is 887. The zero-order chi connectivity index (χ0) is 18.8. The molecule has 11 heteroatoms. The summed E-state index contributed by atoms with van der Waals surface area (Å²) in [5.74, 6) is 5.01. The van der Waals surface area contributed by atoms with Crippen molar-refractivity contribution >= 4 is 22.9 Å². The lowest BCUT2D eigenvalue weighted by molar-refractivity contribution is -0.137. The van der Waals surface area contributed by atoms with Crippen LogP contribution in [0.3, 0.4) is 0 Å². The SMILES string of the molecule is CCNC(=O)C1OC(n2cnc3c(N)nc(C#CCN)nc32)C(O)C1O. The molecule has 2 aromatic heterocycles. The number of hydrogen-bond donors (Lipinski definition) is 5. The molecule has 1 amide bonds. The molecule has 4 atom stereocenters. The number of hydrogen-bond acceptors (Lipinski definition) is 9. The third-order valence-corrected chi connectivity index (χ3v) is 3.87. The van der Waals surface area contributed by atoms with Gasteiger partial charge >= 0.3 is 0 Å². The Balaban J connectivity index is 2.00. The number of rotatable bonds is 3. The minimum absolute atomic E-state index is 0.100. The summed E-state index contributed by atoms with van der Waals surface area (Å²) in [5, 5.41) is 23.0. The highest BCUT2D eigenvalue weighted by molar-refractivity contribution is 5.83. The third-order valence-electron chi connectivity index (χ3n) is 3.87. The Hall–Kier alpha value is -2.78. The number of aliphatic hydroxyl groups is 2. The number of imidazole rings is 1. The van der Waals surface area contributed by atoms with Crippen molar-refractivity contribution < 1.29 is 19.7 Å². The molecule has 1 fully saturated rings. The summed E-state index contributed by atoms with van der Waals surface area (Å²) in [6.45, 7) is 2.23. The van der Waals surface area contributed by atoms with Crippen LogP contribution in [-0.4, -0.2) is 67.0 Å². The van der Waals surface area contributed by atoms with Gasteiger partial charge in [0.05, 0.1) is 12.9 Å². The number of ether oxygens (including phenoxy) is 1. The summed E-state index contributed by atoms with van der Waals surface area (Å²) in [4.78, 5) is 24.4. The fourth-order valence-corrected chi connectivity index (χ4v) is 2.69. The van der Waals surface area contributed by atoms with Gasteiger partial charge in [-0.05, 0) is 12.8 Å². The highest BCUT2D eigenvalue weighted by Crippen LogP contribution is 2.32. The van der Waals surface area contributed by atoms with Gasteiger partial charge in [0.1, 0.15) is 17.7 Å². The first kappa shape index (κ1) is 18.0. The van der Waals surface area contributed by atoms with Crippen LogP contribution in [0.5, 0.6) is 0 Å². The van der Waals surface area contributed by atoms with Crippen LogP contribution < -0.4 is 16.8 Å². The molecule has 1 aliphatic heterocycles. The van der Waals surface area contributed by atoms with E-state index >= 15 is 0 Å². The Labute approximate surface area is 148 Å². The minimum Gasteiger partial charge on any atom is -0.387 e. The van der Waals surface area contributed by atoms with Crippen molar-refractivity contribution in [2.45, 2.75) is 31.5 Å². The molecule has 138 valence electrons. The second-order valence-corrected chi connectivity index (χ2v) is 5.59. The van der Waals surface area contributed by atoms with Gasteiger partial charge in [0.2, 0.25) is 5.82 Å². The highest BCUT2D eigenvalue weighted by Gasteiger charge is 2.47. The van der Waals surface area contributed by atoms with Gasteiger partial charge in [-0.2, -0.15) is 0 Å². The topological polar surface area (TPSA) is 174 Å². The maximum Gasteiger partial charge on any atom is 0.252 e. The van der Waals surface area contributed by atoms with Crippen molar-refractivity contribution in [3.63, 3.8) is 0 Å². The van der Waals surface area contributed by atoms with Crippen LogP contribution in [0.2, 0.25) is 0 Å². The molecule has 0 bridgehead atoms. The summed E-state index contributed by atoms with van der Waals surface area (Å²) in [6.07, 6.45) is -3.72. The van der Waals surface area contributed by atoms with E-state index in [1.807, 2.05) is 0 Å². The number of nitrogens with two attached hydrogens (primary N) is 2. The predicted molar refractivity (Wildman–Crippen MR) is 90.3 cm³/mol. The van der Waals surface area contributed by atoms with E-state index in [-0.39, 0.29) is 29.4 Å². The van der Waals surface area contributed by atoms with Gasteiger partial charge in [-0.3, -0.25) is 9.36 Å². The first-order valence-corrected chi connectivity index (χ1v) is 7.96. The first-order valence-electron chi connectivity index (χ1n) is 7.96. The van der Waals surface area contributed by atoms with Crippen molar-refractivity contribution in [3.8, 4) is 11.8 Å². The molecule has 26 heavy (non-hydrogen) atoms. The second-order valence-electron chi connectivity index (χ2n) is 5.59. The Kier molecular flexibility index (Phi) is 5.01. The van der Waals surface area contributed by atoms with Crippen LogP contribution in [0.25, 0.3) is 11.2 Å². The molecule has 3 heterocycles. The van der Waals surface area contributed by atoms with E-state index in [1.165, 1.54) is 10.9 Å². The van der Waals surface area contributed by atoms with E-state index in [9.17, 15) is 15.0 Å². The Morgan fingerprint density at radius 2 is 2.19 bits per heavy atom. The second kappa shape index (κ2) is 7.22. The van der Waals surface area contributed by atoms with E-state index in [4.69, 9.17) is 16.2 Å². The molecule has 4 unspecified atom stereocenters. The molecule has 0 saturated carbocycles. The van der Waals surface area contributed by atoms with Gasteiger partial charge in [-0.15, -0.1) is 0 Å². The average molecular weight is 361 g/mol. The molecule has 0 spiro atoms. The van der Waals surface area contributed by atoms with Crippen molar-refractivity contribution in [2.24, 2.45) is 5.73 Å². The van der Waals surface area contributed by atoms with Crippen LogP contribution in [0.4, 0.5) is 5.82 Å². The molecular weight excluding hydrogens is 342 g/mol. The monoisotopic (exact) mass is 361 g/mol. The number of carbonyl (C=O) groups is 1. The van der Waals surface area contributed by atoms with Crippen molar-refractivity contribution in [2.75, 3.05) is 18.8 Å². The zero-order valence-corrected chi connectivity index (χ0v) is 14.0. The van der Waals surface area contributed by atoms with Gasteiger partial charge in [0.25, 0.3) is 5.91 Å². The smallest absolute Gasteiger partial charge is 0.252 e. The summed E-state index contributed by atoms with van der Waals surface area (Å²) in [7, 11) is 0. The summed E-state index contributed by atoms with van der Waals surface area (Å²) in [5.41, 5.74) is 11.8. The molecule has 0 radical (unpaired) electrons. The number of likely N-dealkylation sites (N-methyl/N-ethyl adjacent to an activating group) is 1. The molecular formula is C15H19N7O4. The Morgan fingerprint density at radius 3 is 2.88 bits per heavy atom. The van der Waals surface area contributed by atoms with Gasteiger partial charge in [0, 0.05) is 6.54 Å². The quantitative estimate of drug-likeness (QED) is 0.369. The number of aliphatic hydroxyl groups excluding tert-OH is 2. The summed E-state index contributed by atoms with van der Waals surface area (Å²) < 4.78 is 6.95. The standard InChI is InChI=1S/C15H19N7O4/c1-2-18-14(25)11-9(23)10(24)15(26-11)22-6-19-8-12(17)20-7(4-3-5-16)21-13(8)22/h6,9-11,15,23-24H,2,5,16H2,1H3,(H,18,25)(H2,17,20,21). The maximum absolute atomic E-state index is 12.0. The van der Waals surface area contributed by atoms with Gasteiger partial charge in [-0.1, -0.05) is 5.92 Å². The summed E-state index contributed by atoms with van der Waals surface area (Å²) >= 11 is 0. The zero-order valence-electron chi connectivity index (χ0n) is 14.0. The van der Waals surface area contributed by atoms with Crippen LogP contribution in [-0.2, 0) is 9.53 Å². The maximum atomic E-state index is 12.0. The molecule has 3 rings (SSSR count). The van der Waals surface area contributed by atoms with E-state index in [1.54, 1.807) is 6.92 Å². The molecule has 0 aliphatic carbocycles. The normalized spacial score (nSPS) is 25.1. The molecule has 11 nitrogen and oxygen atoms in total. The largest absolute Gasteiger partial charge is 0.387 e. The molecule has 1 aliphatic rings. The lowest BCUT2D eigenvalue weighted by atomic mass is 10.1. The number of carbonyl (C=O) groups excluding carboxylic acids is 1. The van der Waals surface area contributed by atoms with Gasteiger partial charge < -0.3 is 31.7 Å². The number of nitrogens with one attached hydrogen (secondary N) is 1. The van der Waals surface area contributed by atoms with Gasteiger partial charge in [0.15, 0.2) is 23.8 Å². The lowest BCUT2D eigenvalue weighted by Crippen LogP contribution is -2.42. The van der Waals surface area contributed by atoms with E-state index < -0.39 is 30.4 Å². The molecule has 2 aromatic rings. The fourth-order valence-electron chi connectivity index (χ4n) is 2.69. The van der Waals surface area contributed by atoms with E-state index in [2.05, 4.69) is 32.1 Å².